The molecule has 0 heterocycles. The van der Waals surface area contributed by atoms with Gasteiger partial charge in [-0.1, -0.05) is 6.07 Å². The molecule has 0 aliphatic rings. The van der Waals surface area contributed by atoms with Crippen LogP contribution in [0.4, 0.5) is 32.0 Å². The molecule has 96 valence electrons. The number of nitrogen functional groups attached to an aromatic ring is 1. The van der Waals surface area contributed by atoms with Gasteiger partial charge in [-0.3, -0.25) is 0 Å². The van der Waals surface area contributed by atoms with E-state index in [9.17, 15) is 26.3 Å². The first-order valence-corrected chi connectivity index (χ1v) is 4.25. The SMILES string of the molecule is Nc1cccc(OC(F)(C(F)F)C(F)(F)F)c1. The second-order valence-corrected chi connectivity index (χ2v) is 3.12. The lowest BCUT2D eigenvalue weighted by Crippen LogP contribution is -2.52. The van der Waals surface area contributed by atoms with Crippen LogP contribution in [0.2, 0.25) is 0 Å². The van der Waals surface area contributed by atoms with E-state index in [1.807, 2.05) is 0 Å². The quantitative estimate of drug-likeness (QED) is 0.668. The first-order chi connectivity index (χ1) is 7.67. The Labute approximate surface area is 92.0 Å². The number of rotatable bonds is 3. The standard InChI is InChI=1S/C9H7F6NO/c10-7(11)8(12,9(13,14)15)17-6-3-1-2-5(16)4-6/h1-4,7H,16H2. The highest BCUT2D eigenvalue weighted by molar-refractivity contribution is 5.43. The van der Waals surface area contributed by atoms with Crippen molar-refractivity contribution in [2.24, 2.45) is 0 Å². The lowest BCUT2D eigenvalue weighted by Gasteiger charge is -2.27. The highest BCUT2D eigenvalue weighted by Gasteiger charge is 2.66. The number of nitrogens with two attached hydrogens (primary N) is 1. The lowest BCUT2D eigenvalue weighted by atomic mass is 10.2. The molecule has 0 saturated heterocycles. The third kappa shape index (κ3) is 2.75. The Morgan fingerprint density at radius 3 is 2.12 bits per heavy atom. The average Bonchev–Trinajstić information content (AvgIpc) is 2.15. The fourth-order valence-corrected chi connectivity index (χ4v) is 0.976. The minimum absolute atomic E-state index is 0.0405. The van der Waals surface area contributed by atoms with Gasteiger partial charge in [0.15, 0.2) is 0 Å². The lowest BCUT2D eigenvalue weighted by molar-refractivity contribution is -0.340. The molecule has 0 bridgehead atoms. The van der Waals surface area contributed by atoms with E-state index >= 15 is 0 Å². The van der Waals surface area contributed by atoms with Gasteiger partial charge in [-0.05, 0) is 12.1 Å². The Bertz CT molecular complexity index is 393. The Morgan fingerprint density at radius 2 is 1.71 bits per heavy atom. The van der Waals surface area contributed by atoms with Crippen LogP contribution in [-0.2, 0) is 0 Å². The number of ether oxygens (including phenoxy) is 1. The van der Waals surface area contributed by atoms with E-state index in [1.165, 1.54) is 6.07 Å². The summed E-state index contributed by atoms with van der Waals surface area (Å²) in [7, 11) is 0. The zero-order chi connectivity index (χ0) is 13.3. The Morgan fingerprint density at radius 1 is 1.12 bits per heavy atom. The van der Waals surface area contributed by atoms with Gasteiger partial charge in [0.25, 0.3) is 0 Å². The van der Waals surface area contributed by atoms with E-state index in [1.54, 1.807) is 0 Å². The van der Waals surface area contributed by atoms with Crippen molar-refractivity contribution in [3.8, 4) is 5.75 Å². The molecular weight excluding hydrogens is 252 g/mol. The van der Waals surface area contributed by atoms with Crippen molar-refractivity contribution in [1.82, 2.24) is 0 Å². The maximum atomic E-state index is 13.1. The van der Waals surface area contributed by atoms with Crippen LogP contribution in [0.25, 0.3) is 0 Å². The van der Waals surface area contributed by atoms with Crippen molar-refractivity contribution in [3.63, 3.8) is 0 Å². The molecule has 17 heavy (non-hydrogen) atoms. The second-order valence-electron chi connectivity index (χ2n) is 3.12. The summed E-state index contributed by atoms with van der Waals surface area (Å²) in [6.45, 7) is 0. The number of anilines is 1. The maximum absolute atomic E-state index is 13.1. The molecule has 0 saturated carbocycles. The summed E-state index contributed by atoms with van der Waals surface area (Å²) in [5.74, 6) is -5.79. The van der Waals surface area contributed by atoms with E-state index in [0.717, 1.165) is 18.2 Å². The molecule has 1 rings (SSSR count). The van der Waals surface area contributed by atoms with Crippen molar-refractivity contribution in [2.75, 3.05) is 5.73 Å². The molecule has 0 aromatic heterocycles. The molecule has 8 heteroatoms. The van der Waals surface area contributed by atoms with Crippen molar-refractivity contribution in [2.45, 2.75) is 18.5 Å². The summed E-state index contributed by atoms with van der Waals surface area (Å²) in [5.41, 5.74) is 5.15. The summed E-state index contributed by atoms with van der Waals surface area (Å²) in [4.78, 5) is 0. The van der Waals surface area contributed by atoms with Crippen molar-refractivity contribution >= 4 is 5.69 Å². The van der Waals surface area contributed by atoms with Crippen LogP contribution in [0, 0.1) is 0 Å². The average molecular weight is 259 g/mol. The number of hydrogen-bond donors (Lipinski definition) is 1. The molecule has 0 spiro atoms. The molecule has 0 amide bonds. The van der Waals surface area contributed by atoms with Crippen LogP contribution in [-0.4, -0.2) is 18.5 Å². The van der Waals surface area contributed by atoms with E-state index in [2.05, 4.69) is 4.74 Å². The molecule has 1 aromatic rings. The normalized spacial score (nSPS) is 15.7. The van der Waals surface area contributed by atoms with Crippen LogP contribution < -0.4 is 10.5 Å². The van der Waals surface area contributed by atoms with Crippen molar-refractivity contribution in [1.29, 1.82) is 0 Å². The van der Waals surface area contributed by atoms with Gasteiger partial charge in [0.05, 0.1) is 0 Å². The van der Waals surface area contributed by atoms with Crippen LogP contribution >= 0.6 is 0 Å². The first kappa shape index (κ1) is 13.5. The molecule has 0 fully saturated rings. The predicted octanol–water partition coefficient (Wildman–Crippen LogP) is 3.14. The van der Waals surface area contributed by atoms with Crippen molar-refractivity contribution in [3.05, 3.63) is 24.3 Å². The monoisotopic (exact) mass is 259 g/mol. The Hall–Kier alpha value is -1.60. The summed E-state index contributed by atoms with van der Waals surface area (Å²) in [6.07, 6.45) is -10.2. The fourth-order valence-electron chi connectivity index (χ4n) is 0.976. The summed E-state index contributed by atoms with van der Waals surface area (Å²) in [5, 5.41) is 0. The number of halogens is 6. The molecule has 2 N–H and O–H groups in total. The molecule has 0 aliphatic heterocycles. The third-order valence-corrected chi connectivity index (χ3v) is 1.79. The van der Waals surface area contributed by atoms with E-state index in [0.29, 0.717) is 0 Å². The van der Waals surface area contributed by atoms with Gasteiger partial charge in [-0.25, -0.2) is 8.78 Å². The van der Waals surface area contributed by atoms with Crippen LogP contribution in [0.1, 0.15) is 0 Å². The van der Waals surface area contributed by atoms with E-state index in [-0.39, 0.29) is 5.69 Å². The zero-order valence-corrected chi connectivity index (χ0v) is 8.14. The van der Waals surface area contributed by atoms with Crippen LogP contribution in [0.5, 0.6) is 5.75 Å². The molecular formula is C9H7F6NO. The first-order valence-electron chi connectivity index (χ1n) is 4.25. The maximum Gasteiger partial charge on any atom is 0.466 e. The molecule has 0 aliphatic carbocycles. The van der Waals surface area contributed by atoms with Crippen LogP contribution in [0.15, 0.2) is 24.3 Å². The van der Waals surface area contributed by atoms with E-state index < -0.39 is 24.2 Å². The summed E-state index contributed by atoms with van der Waals surface area (Å²) < 4.78 is 77.4. The fraction of sp³-hybridized carbons (Fsp3) is 0.333. The van der Waals surface area contributed by atoms with Crippen molar-refractivity contribution < 1.29 is 31.1 Å². The van der Waals surface area contributed by atoms with Crippen LogP contribution in [0.3, 0.4) is 0 Å². The molecule has 1 aromatic carbocycles. The highest BCUT2D eigenvalue weighted by atomic mass is 19.4. The van der Waals surface area contributed by atoms with Gasteiger partial charge >= 0.3 is 18.5 Å². The van der Waals surface area contributed by atoms with Gasteiger partial charge in [0.1, 0.15) is 5.75 Å². The number of benzene rings is 1. The predicted molar refractivity (Wildman–Crippen MR) is 47.4 cm³/mol. The third-order valence-electron chi connectivity index (χ3n) is 1.79. The molecule has 1 atom stereocenters. The highest BCUT2D eigenvalue weighted by Crippen LogP contribution is 2.40. The topological polar surface area (TPSA) is 35.2 Å². The van der Waals surface area contributed by atoms with Gasteiger partial charge in [-0.15, -0.1) is 0 Å². The molecule has 0 radical (unpaired) electrons. The smallest absolute Gasteiger partial charge is 0.446 e. The molecule has 1 unspecified atom stereocenters. The Balaban J connectivity index is 3.04. The Kier molecular flexibility index (Phi) is 3.44. The summed E-state index contributed by atoms with van der Waals surface area (Å²) in [6, 6.07) is 4.12. The van der Waals surface area contributed by atoms with Gasteiger partial charge in [-0.2, -0.15) is 17.6 Å². The largest absolute Gasteiger partial charge is 0.466 e. The van der Waals surface area contributed by atoms with Gasteiger partial charge in [0.2, 0.25) is 0 Å². The van der Waals surface area contributed by atoms with Gasteiger partial charge in [0, 0.05) is 11.8 Å². The van der Waals surface area contributed by atoms with Gasteiger partial charge < -0.3 is 10.5 Å². The zero-order valence-electron chi connectivity index (χ0n) is 8.14. The minimum atomic E-state index is -5.86. The number of alkyl halides is 6. The number of hydrogen-bond acceptors (Lipinski definition) is 2. The summed E-state index contributed by atoms with van der Waals surface area (Å²) >= 11 is 0. The van der Waals surface area contributed by atoms with E-state index in [4.69, 9.17) is 5.73 Å². The minimum Gasteiger partial charge on any atom is -0.446 e. The second kappa shape index (κ2) is 4.34. The molecule has 2 nitrogen and oxygen atoms in total.